The van der Waals surface area contributed by atoms with Gasteiger partial charge in [0.15, 0.2) is 5.69 Å². The molecular weight excluding hydrogens is 285 g/mol. The van der Waals surface area contributed by atoms with Gasteiger partial charge in [0.2, 0.25) is 5.95 Å². The number of halogens is 1. The molecule has 0 aliphatic rings. The van der Waals surface area contributed by atoms with E-state index in [9.17, 15) is 9.18 Å². The lowest BCUT2D eigenvalue weighted by molar-refractivity contribution is 0.0997. The maximum Gasteiger partial charge on any atom is 0.269 e. The van der Waals surface area contributed by atoms with Crippen LogP contribution in [0.25, 0.3) is 22.2 Å². The van der Waals surface area contributed by atoms with Gasteiger partial charge in [0.1, 0.15) is 0 Å². The molecule has 0 spiro atoms. The Labute approximate surface area is 125 Å². The zero-order chi connectivity index (χ0) is 15.9. The molecule has 0 unspecified atom stereocenters. The quantitative estimate of drug-likeness (QED) is 0.701. The van der Waals surface area contributed by atoms with Gasteiger partial charge in [-0.25, -0.2) is 9.97 Å². The minimum Gasteiger partial charge on any atom is -0.396 e. The number of carbonyl (C=O) groups is 1. The monoisotopic (exact) mass is 297 g/mol. The van der Waals surface area contributed by atoms with Crippen molar-refractivity contribution in [3.8, 4) is 11.1 Å². The van der Waals surface area contributed by atoms with Crippen molar-refractivity contribution in [1.82, 2.24) is 15.0 Å². The summed E-state index contributed by atoms with van der Waals surface area (Å²) in [5.41, 5.74) is 13.9. The number of anilines is 1. The van der Waals surface area contributed by atoms with Crippen LogP contribution in [0.3, 0.4) is 0 Å². The molecule has 7 heteroatoms. The summed E-state index contributed by atoms with van der Waals surface area (Å²) in [6.45, 7) is 1.65. The maximum absolute atomic E-state index is 13.2. The van der Waals surface area contributed by atoms with Gasteiger partial charge in [-0.3, -0.25) is 9.78 Å². The van der Waals surface area contributed by atoms with E-state index in [0.717, 1.165) is 0 Å². The molecule has 110 valence electrons. The number of nitrogens with zero attached hydrogens (tertiary/aromatic N) is 3. The highest BCUT2D eigenvalue weighted by Crippen LogP contribution is 2.35. The third-order valence-corrected chi connectivity index (χ3v) is 3.33. The molecule has 3 rings (SSSR count). The Morgan fingerprint density at radius 3 is 2.68 bits per heavy atom. The Balaban J connectivity index is 2.45. The molecule has 0 atom stereocenters. The lowest BCUT2D eigenvalue weighted by Crippen LogP contribution is -2.17. The van der Waals surface area contributed by atoms with Gasteiger partial charge in [0, 0.05) is 23.0 Å². The Morgan fingerprint density at radius 2 is 2.00 bits per heavy atom. The Bertz CT molecular complexity index is 910. The summed E-state index contributed by atoms with van der Waals surface area (Å²) in [5, 5.41) is 0. The van der Waals surface area contributed by atoms with Crippen LogP contribution in [0.1, 0.15) is 16.2 Å². The van der Waals surface area contributed by atoms with Crippen molar-refractivity contribution >= 4 is 22.6 Å². The highest BCUT2D eigenvalue weighted by molar-refractivity contribution is 6.07. The maximum atomic E-state index is 13.2. The Morgan fingerprint density at radius 1 is 1.23 bits per heavy atom. The molecule has 0 radical (unpaired) electrons. The van der Waals surface area contributed by atoms with Crippen LogP contribution < -0.4 is 11.5 Å². The second kappa shape index (κ2) is 5.03. The number of aromatic nitrogens is 3. The third kappa shape index (κ3) is 2.12. The second-order valence-electron chi connectivity index (χ2n) is 4.75. The summed E-state index contributed by atoms with van der Waals surface area (Å²) in [6.07, 6.45) is 1.59. The number of primary amides is 1. The number of fused-ring (bicyclic) bond motifs is 1. The van der Waals surface area contributed by atoms with Gasteiger partial charge >= 0.3 is 0 Å². The number of nitrogens with two attached hydrogens (primary N) is 2. The first-order chi connectivity index (χ1) is 10.5. The molecule has 22 heavy (non-hydrogen) atoms. The number of hydrogen-bond acceptors (Lipinski definition) is 5. The first-order valence-electron chi connectivity index (χ1n) is 6.46. The predicted molar refractivity (Wildman–Crippen MR) is 80.4 cm³/mol. The minimum absolute atomic E-state index is 0.0424. The lowest BCUT2D eigenvalue weighted by atomic mass is 9.99. The molecule has 0 bridgehead atoms. The number of carbonyl (C=O) groups excluding carboxylic acids is 1. The van der Waals surface area contributed by atoms with Gasteiger partial charge in [0.25, 0.3) is 5.91 Å². The summed E-state index contributed by atoms with van der Waals surface area (Å²) >= 11 is 0. The average Bonchev–Trinajstić information content (AvgIpc) is 2.47. The molecule has 4 N–H and O–H groups in total. The number of hydrogen-bond donors (Lipinski definition) is 2. The van der Waals surface area contributed by atoms with Crippen molar-refractivity contribution in [2.75, 3.05) is 5.73 Å². The van der Waals surface area contributed by atoms with Crippen LogP contribution in [0.15, 0.2) is 30.5 Å². The molecule has 0 aromatic carbocycles. The van der Waals surface area contributed by atoms with E-state index in [2.05, 4.69) is 15.0 Å². The molecular formula is C15H12FN5O. The summed E-state index contributed by atoms with van der Waals surface area (Å²) in [7, 11) is 0. The SMILES string of the molecule is Cc1nc(F)ccc1-c1c(N)c(C(N)=O)nc2cccnc12. The number of amides is 1. The molecule has 0 aliphatic heterocycles. The van der Waals surface area contributed by atoms with Crippen molar-refractivity contribution in [3.63, 3.8) is 0 Å². The topological polar surface area (TPSA) is 108 Å². The molecule has 3 heterocycles. The van der Waals surface area contributed by atoms with Crippen molar-refractivity contribution in [3.05, 3.63) is 47.8 Å². The fourth-order valence-electron chi connectivity index (χ4n) is 2.36. The van der Waals surface area contributed by atoms with E-state index < -0.39 is 11.9 Å². The van der Waals surface area contributed by atoms with E-state index in [1.165, 1.54) is 6.07 Å². The van der Waals surface area contributed by atoms with E-state index in [1.54, 1.807) is 31.3 Å². The Kier molecular flexibility index (Phi) is 3.17. The van der Waals surface area contributed by atoms with E-state index in [4.69, 9.17) is 11.5 Å². The first kappa shape index (κ1) is 13.9. The van der Waals surface area contributed by atoms with Gasteiger partial charge in [-0.2, -0.15) is 4.39 Å². The van der Waals surface area contributed by atoms with Gasteiger partial charge in [-0.15, -0.1) is 0 Å². The van der Waals surface area contributed by atoms with Crippen LogP contribution in [-0.4, -0.2) is 20.9 Å². The number of aryl methyl sites for hydroxylation is 1. The normalized spacial score (nSPS) is 10.8. The van der Waals surface area contributed by atoms with Crippen LogP contribution in [0.5, 0.6) is 0 Å². The summed E-state index contributed by atoms with van der Waals surface area (Å²) in [4.78, 5) is 23.8. The molecule has 0 saturated carbocycles. The molecule has 1 amide bonds. The van der Waals surface area contributed by atoms with Crippen molar-refractivity contribution < 1.29 is 9.18 Å². The van der Waals surface area contributed by atoms with Gasteiger partial charge in [-0.05, 0) is 31.2 Å². The summed E-state index contributed by atoms with van der Waals surface area (Å²) < 4.78 is 13.2. The largest absolute Gasteiger partial charge is 0.396 e. The van der Waals surface area contributed by atoms with Crippen LogP contribution in [0.2, 0.25) is 0 Å². The molecule has 3 aromatic rings. The van der Waals surface area contributed by atoms with Gasteiger partial charge in [-0.1, -0.05) is 0 Å². The minimum atomic E-state index is -0.739. The number of rotatable bonds is 2. The predicted octanol–water partition coefficient (Wildman–Crippen LogP) is 1.82. The first-order valence-corrected chi connectivity index (χ1v) is 6.46. The summed E-state index contributed by atoms with van der Waals surface area (Å²) in [5.74, 6) is -1.33. The lowest BCUT2D eigenvalue weighted by Gasteiger charge is -2.13. The fourth-order valence-corrected chi connectivity index (χ4v) is 2.36. The molecule has 0 saturated heterocycles. The Hall–Kier alpha value is -3.09. The van der Waals surface area contributed by atoms with Crippen molar-refractivity contribution in [2.24, 2.45) is 5.73 Å². The second-order valence-corrected chi connectivity index (χ2v) is 4.75. The van der Waals surface area contributed by atoms with E-state index in [-0.39, 0.29) is 11.4 Å². The van der Waals surface area contributed by atoms with Gasteiger partial charge in [0.05, 0.1) is 16.7 Å². The number of pyridine rings is 3. The fraction of sp³-hybridized carbons (Fsp3) is 0.0667. The van der Waals surface area contributed by atoms with E-state index in [0.29, 0.717) is 27.9 Å². The summed E-state index contributed by atoms with van der Waals surface area (Å²) in [6, 6.07) is 6.16. The smallest absolute Gasteiger partial charge is 0.269 e. The van der Waals surface area contributed by atoms with Gasteiger partial charge < -0.3 is 11.5 Å². The standard InChI is InChI=1S/C15H12FN5O/c1-7-8(4-5-10(16)20-7)11-12(17)14(15(18)22)21-9-3-2-6-19-13(9)11/h2-6H,17H2,1H3,(H2,18,22). The van der Waals surface area contributed by atoms with E-state index in [1.807, 2.05) is 0 Å². The zero-order valence-corrected chi connectivity index (χ0v) is 11.7. The molecule has 0 aliphatic carbocycles. The van der Waals surface area contributed by atoms with Crippen LogP contribution in [0, 0.1) is 12.9 Å². The van der Waals surface area contributed by atoms with Crippen LogP contribution in [0.4, 0.5) is 10.1 Å². The van der Waals surface area contributed by atoms with E-state index >= 15 is 0 Å². The number of nitrogen functional groups attached to an aromatic ring is 1. The zero-order valence-electron chi connectivity index (χ0n) is 11.7. The van der Waals surface area contributed by atoms with Crippen LogP contribution >= 0.6 is 0 Å². The van der Waals surface area contributed by atoms with Crippen molar-refractivity contribution in [1.29, 1.82) is 0 Å². The van der Waals surface area contributed by atoms with Crippen LogP contribution in [-0.2, 0) is 0 Å². The molecule has 0 fully saturated rings. The van der Waals surface area contributed by atoms with Crippen molar-refractivity contribution in [2.45, 2.75) is 6.92 Å². The molecule has 3 aromatic heterocycles. The highest BCUT2D eigenvalue weighted by atomic mass is 19.1. The third-order valence-electron chi connectivity index (χ3n) is 3.33. The molecule has 6 nitrogen and oxygen atoms in total. The average molecular weight is 297 g/mol. The highest BCUT2D eigenvalue weighted by Gasteiger charge is 2.20.